The van der Waals surface area contributed by atoms with Crippen molar-refractivity contribution in [3.05, 3.63) is 69.1 Å². The van der Waals surface area contributed by atoms with Gasteiger partial charge >= 0.3 is 5.97 Å². The van der Waals surface area contributed by atoms with Crippen molar-refractivity contribution in [3.63, 3.8) is 0 Å². The van der Waals surface area contributed by atoms with Crippen LogP contribution in [0.1, 0.15) is 24.3 Å². The van der Waals surface area contributed by atoms with Crippen LogP contribution < -0.4 is 5.32 Å². The first-order valence-electron chi connectivity index (χ1n) is 10.8. The van der Waals surface area contributed by atoms with Gasteiger partial charge in [0.05, 0.1) is 21.7 Å². The predicted octanol–water partition coefficient (Wildman–Crippen LogP) is 7.15. The lowest BCUT2D eigenvalue weighted by atomic mass is 9.98. The third-order valence-electron chi connectivity index (χ3n) is 5.47. The topological polar surface area (TPSA) is 78.0 Å². The number of rotatable bonds is 9. The molecule has 0 aliphatic rings. The van der Waals surface area contributed by atoms with Crippen molar-refractivity contribution in [1.82, 2.24) is 9.97 Å². The number of benzene rings is 2. The van der Waals surface area contributed by atoms with Crippen LogP contribution in [0.2, 0.25) is 10.0 Å². The van der Waals surface area contributed by atoms with Gasteiger partial charge in [-0.2, -0.15) is 0 Å². The number of hydrogen-bond donors (Lipinski definition) is 3. The van der Waals surface area contributed by atoms with Crippen molar-refractivity contribution < 1.29 is 9.90 Å². The molecule has 0 radical (unpaired) electrons. The predicted molar refractivity (Wildman–Crippen MR) is 138 cm³/mol. The number of H-pyrrole nitrogens is 1. The molecule has 0 saturated carbocycles. The van der Waals surface area contributed by atoms with Gasteiger partial charge in [-0.1, -0.05) is 61.3 Å². The zero-order valence-corrected chi connectivity index (χ0v) is 20.7. The number of para-hydroxylation sites is 1. The second kappa shape index (κ2) is 10.2. The van der Waals surface area contributed by atoms with Crippen LogP contribution in [0.3, 0.4) is 0 Å². The normalized spacial score (nSPS) is 12.4. The first-order chi connectivity index (χ1) is 15.8. The van der Waals surface area contributed by atoms with E-state index in [-0.39, 0.29) is 6.54 Å². The number of nitrogens with one attached hydrogen (secondary N) is 2. The average molecular weight is 502 g/mol. The van der Waals surface area contributed by atoms with E-state index in [1.807, 2.05) is 42.6 Å². The molecule has 0 aliphatic heterocycles. The highest BCUT2D eigenvalue weighted by Gasteiger charge is 2.21. The summed E-state index contributed by atoms with van der Waals surface area (Å²) in [4.78, 5) is 21.2. The van der Waals surface area contributed by atoms with Gasteiger partial charge in [-0.05, 0) is 47.9 Å². The van der Waals surface area contributed by atoms with E-state index in [4.69, 9.17) is 28.2 Å². The van der Waals surface area contributed by atoms with E-state index in [9.17, 15) is 9.90 Å². The zero-order valence-electron chi connectivity index (χ0n) is 18.4. The summed E-state index contributed by atoms with van der Waals surface area (Å²) in [6, 6.07) is 13.4. The Kier molecular flexibility index (Phi) is 7.27. The molecule has 0 bridgehead atoms. The molecule has 172 valence electrons. The van der Waals surface area contributed by atoms with E-state index in [1.165, 1.54) is 0 Å². The van der Waals surface area contributed by atoms with Crippen LogP contribution in [-0.2, 0) is 17.6 Å². The molecule has 4 rings (SSSR count). The summed E-state index contributed by atoms with van der Waals surface area (Å²) in [5, 5.41) is 15.9. The van der Waals surface area contributed by atoms with Gasteiger partial charge in [0.25, 0.3) is 0 Å². The zero-order chi connectivity index (χ0) is 23.5. The maximum Gasteiger partial charge on any atom is 0.308 e. The fraction of sp³-hybridized carbons (Fsp3) is 0.280. The fourth-order valence-electron chi connectivity index (χ4n) is 3.85. The van der Waals surface area contributed by atoms with Crippen molar-refractivity contribution in [2.45, 2.75) is 26.7 Å². The fourth-order valence-corrected chi connectivity index (χ4v) is 5.35. The molecule has 1 atom stereocenters. The molecule has 0 aliphatic carbocycles. The van der Waals surface area contributed by atoms with Gasteiger partial charge in [0, 0.05) is 28.7 Å². The minimum absolute atomic E-state index is 0.280. The maximum atomic E-state index is 12.0. The van der Waals surface area contributed by atoms with E-state index < -0.39 is 11.9 Å². The van der Waals surface area contributed by atoms with Crippen LogP contribution in [0.25, 0.3) is 22.2 Å². The van der Waals surface area contributed by atoms with Crippen molar-refractivity contribution >= 4 is 56.5 Å². The quantitative estimate of drug-likeness (QED) is 0.227. The van der Waals surface area contributed by atoms with Crippen LogP contribution in [0, 0.1) is 11.8 Å². The van der Waals surface area contributed by atoms with Crippen LogP contribution in [0.15, 0.2) is 48.7 Å². The summed E-state index contributed by atoms with van der Waals surface area (Å²) < 4.78 is 0. The smallest absolute Gasteiger partial charge is 0.308 e. The summed E-state index contributed by atoms with van der Waals surface area (Å²) in [6.45, 7) is 4.60. The number of hydrogen-bond acceptors (Lipinski definition) is 4. The SMILES string of the molecule is CC(C)Cc1sc(NCC(Cc2cccc3cc[nH]c23)C(=O)O)nc1-c1ccc(Cl)c(Cl)c1. The number of carboxylic acid groups (broad SMARTS) is 1. The third kappa shape index (κ3) is 5.52. The summed E-state index contributed by atoms with van der Waals surface area (Å²) in [7, 11) is 0. The number of carbonyl (C=O) groups is 1. The van der Waals surface area contributed by atoms with Crippen LogP contribution in [0.4, 0.5) is 5.13 Å². The lowest BCUT2D eigenvalue weighted by Gasteiger charge is -2.13. The molecule has 33 heavy (non-hydrogen) atoms. The van der Waals surface area contributed by atoms with E-state index in [0.29, 0.717) is 27.5 Å². The minimum atomic E-state index is -0.838. The number of carboxylic acids is 1. The Hall–Kier alpha value is -2.54. The largest absolute Gasteiger partial charge is 0.481 e. The number of fused-ring (bicyclic) bond motifs is 1. The number of nitrogens with zero attached hydrogens (tertiary/aromatic N) is 1. The summed E-state index contributed by atoms with van der Waals surface area (Å²) in [5.74, 6) is -0.979. The molecule has 2 aromatic heterocycles. The summed E-state index contributed by atoms with van der Waals surface area (Å²) in [6.07, 6.45) is 3.16. The highest BCUT2D eigenvalue weighted by Crippen LogP contribution is 2.36. The van der Waals surface area contributed by atoms with Gasteiger partial charge in [0.1, 0.15) is 0 Å². The monoisotopic (exact) mass is 501 g/mol. The van der Waals surface area contributed by atoms with Gasteiger partial charge in [0.2, 0.25) is 0 Å². The van der Waals surface area contributed by atoms with E-state index in [1.54, 1.807) is 17.4 Å². The van der Waals surface area contributed by atoms with Gasteiger partial charge in [-0.25, -0.2) is 4.98 Å². The number of aromatic amines is 1. The van der Waals surface area contributed by atoms with Gasteiger partial charge in [-0.3, -0.25) is 4.79 Å². The molecule has 0 fully saturated rings. The number of aromatic nitrogens is 2. The Labute approximate surface area is 206 Å². The van der Waals surface area contributed by atoms with Crippen LogP contribution >= 0.6 is 34.5 Å². The molecule has 0 amide bonds. The third-order valence-corrected chi connectivity index (χ3v) is 7.25. The van der Waals surface area contributed by atoms with Gasteiger partial charge < -0.3 is 15.4 Å². The Balaban J connectivity index is 1.55. The Morgan fingerprint density at radius 1 is 1.15 bits per heavy atom. The lowest BCUT2D eigenvalue weighted by molar-refractivity contribution is -0.141. The molecule has 1 unspecified atom stereocenters. The lowest BCUT2D eigenvalue weighted by Crippen LogP contribution is -2.25. The van der Waals surface area contributed by atoms with Crippen molar-refractivity contribution in [1.29, 1.82) is 0 Å². The Bertz CT molecular complexity index is 1280. The molecule has 2 heterocycles. The second-order valence-corrected chi connectivity index (χ2v) is 10.4. The highest BCUT2D eigenvalue weighted by molar-refractivity contribution is 7.16. The molecular formula is C25H25Cl2N3O2S. The standard InChI is InChI=1S/C25H25Cl2N3O2S/c1-14(2)10-21-23(17-6-7-19(26)20(27)12-17)30-25(33-21)29-13-18(24(31)32)11-16-5-3-4-15-8-9-28-22(15)16/h3-9,12,14,18,28H,10-11,13H2,1-2H3,(H,29,30)(H,31,32). The van der Waals surface area contributed by atoms with Crippen molar-refractivity contribution in [2.75, 3.05) is 11.9 Å². The molecule has 0 saturated heterocycles. The van der Waals surface area contributed by atoms with Crippen LogP contribution in [-0.4, -0.2) is 27.6 Å². The van der Waals surface area contributed by atoms with E-state index in [2.05, 4.69) is 24.1 Å². The number of aliphatic carboxylic acids is 1. The number of halogens is 2. The van der Waals surface area contributed by atoms with Gasteiger partial charge in [0.15, 0.2) is 5.13 Å². The van der Waals surface area contributed by atoms with E-state index >= 15 is 0 Å². The molecule has 4 aromatic rings. The minimum Gasteiger partial charge on any atom is -0.481 e. The highest BCUT2D eigenvalue weighted by atomic mass is 35.5. The molecule has 3 N–H and O–H groups in total. The Morgan fingerprint density at radius 3 is 2.70 bits per heavy atom. The van der Waals surface area contributed by atoms with Crippen LogP contribution in [0.5, 0.6) is 0 Å². The molecule has 8 heteroatoms. The van der Waals surface area contributed by atoms with E-state index in [0.717, 1.165) is 39.0 Å². The summed E-state index contributed by atoms with van der Waals surface area (Å²) >= 11 is 13.9. The van der Waals surface area contributed by atoms with Crippen molar-refractivity contribution in [3.8, 4) is 11.3 Å². The van der Waals surface area contributed by atoms with Crippen molar-refractivity contribution in [2.24, 2.45) is 11.8 Å². The first-order valence-corrected chi connectivity index (χ1v) is 12.4. The number of anilines is 1. The number of thiazole rings is 1. The molecule has 5 nitrogen and oxygen atoms in total. The maximum absolute atomic E-state index is 12.0. The Morgan fingerprint density at radius 2 is 1.97 bits per heavy atom. The average Bonchev–Trinajstić information content (AvgIpc) is 3.40. The molecule has 0 spiro atoms. The first kappa shape index (κ1) is 23.6. The molecular weight excluding hydrogens is 477 g/mol. The second-order valence-electron chi connectivity index (χ2n) is 8.50. The molecule has 2 aromatic carbocycles. The van der Waals surface area contributed by atoms with Gasteiger partial charge in [-0.15, -0.1) is 11.3 Å². The summed E-state index contributed by atoms with van der Waals surface area (Å²) in [5.41, 5.74) is 3.73.